The molecule has 0 saturated carbocycles. The zero-order valence-corrected chi connectivity index (χ0v) is 7.57. The van der Waals surface area contributed by atoms with Gasteiger partial charge in [0.25, 0.3) is 0 Å². The lowest BCUT2D eigenvalue weighted by molar-refractivity contribution is 0.0684. The first-order chi connectivity index (χ1) is 6.02. The Bertz CT molecular complexity index is 317. The van der Waals surface area contributed by atoms with Crippen molar-refractivity contribution >= 4 is 11.9 Å². The van der Waals surface area contributed by atoms with Crippen LogP contribution in [-0.4, -0.2) is 16.2 Å². The molecule has 5 nitrogen and oxygen atoms in total. The van der Waals surface area contributed by atoms with Gasteiger partial charge in [0.1, 0.15) is 0 Å². The van der Waals surface area contributed by atoms with E-state index in [1.54, 1.807) is 0 Å². The van der Waals surface area contributed by atoms with Gasteiger partial charge in [-0.05, 0) is 12.3 Å². The Balaban J connectivity index is 3.01. The number of nitrogen functional groups attached to an aromatic ring is 1. The van der Waals surface area contributed by atoms with Gasteiger partial charge in [0.05, 0.1) is 5.56 Å². The van der Waals surface area contributed by atoms with Gasteiger partial charge in [-0.25, -0.2) is 4.79 Å². The van der Waals surface area contributed by atoms with Crippen molar-refractivity contribution in [3.8, 4) is 0 Å². The highest BCUT2D eigenvalue weighted by Crippen LogP contribution is 2.20. The summed E-state index contributed by atoms with van der Waals surface area (Å²) in [6, 6.07) is 0. The molecule has 1 heterocycles. The van der Waals surface area contributed by atoms with Gasteiger partial charge in [-0.3, -0.25) is 0 Å². The summed E-state index contributed by atoms with van der Waals surface area (Å²) in [7, 11) is 0. The Morgan fingerprint density at radius 3 is 2.77 bits per heavy atom. The zero-order valence-electron chi connectivity index (χ0n) is 7.57. The van der Waals surface area contributed by atoms with E-state index in [9.17, 15) is 4.79 Å². The third-order valence-corrected chi connectivity index (χ3v) is 1.63. The molecular weight excluding hydrogens is 172 g/mol. The predicted octanol–water partition coefficient (Wildman–Crippen LogP) is 1.15. The fraction of sp³-hybridized carbons (Fsp3) is 0.500. The van der Waals surface area contributed by atoms with Crippen LogP contribution < -0.4 is 5.73 Å². The molecule has 0 saturated heterocycles. The summed E-state index contributed by atoms with van der Waals surface area (Å²) >= 11 is 0. The second-order valence-corrected chi connectivity index (χ2v) is 3.28. The van der Waals surface area contributed by atoms with Gasteiger partial charge >= 0.3 is 5.97 Å². The van der Waals surface area contributed by atoms with Crippen molar-refractivity contribution in [1.82, 2.24) is 5.16 Å². The smallest absolute Gasteiger partial charge is 0.358 e. The molecule has 3 N–H and O–H groups in total. The highest BCUT2D eigenvalue weighted by atomic mass is 16.5. The minimum atomic E-state index is -1.10. The maximum atomic E-state index is 10.6. The van der Waals surface area contributed by atoms with Crippen LogP contribution in [0.5, 0.6) is 0 Å². The minimum Gasteiger partial charge on any atom is -0.476 e. The molecule has 0 aliphatic heterocycles. The molecule has 0 bridgehead atoms. The van der Waals surface area contributed by atoms with Gasteiger partial charge < -0.3 is 15.4 Å². The Morgan fingerprint density at radius 2 is 2.31 bits per heavy atom. The first kappa shape index (κ1) is 9.57. The number of carbonyl (C=O) groups is 1. The monoisotopic (exact) mass is 184 g/mol. The molecule has 0 amide bonds. The van der Waals surface area contributed by atoms with Crippen molar-refractivity contribution in [2.45, 2.75) is 20.3 Å². The van der Waals surface area contributed by atoms with E-state index in [0.717, 1.165) is 0 Å². The van der Waals surface area contributed by atoms with E-state index >= 15 is 0 Å². The number of hydrogen-bond donors (Lipinski definition) is 2. The van der Waals surface area contributed by atoms with E-state index in [4.69, 9.17) is 10.8 Å². The van der Waals surface area contributed by atoms with E-state index in [2.05, 4.69) is 9.68 Å². The van der Waals surface area contributed by atoms with Crippen LogP contribution >= 0.6 is 0 Å². The summed E-state index contributed by atoms with van der Waals surface area (Å²) in [5, 5.41) is 12.1. The molecule has 0 aliphatic rings. The largest absolute Gasteiger partial charge is 0.476 e. The molecule has 0 atom stereocenters. The minimum absolute atomic E-state index is 0.0776. The predicted molar refractivity (Wildman–Crippen MR) is 46.4 cm³/mol. The second kappa shape index (κ2) is 3.47. The van der Waals surface area contributed by atoms with Crippen LogP contribution in [0.1, 0.15) is 29.9 Å². The Kier molecular flexibility index (Phi) is 2.55. The third kappa shape index (κ3) is 1.99. The number of aromatic carboxylic acids is 1. The normalized spacial score (nSPS) is 10.7. The molecule has 1 aromatic heterocycles. The van der Waals surface area contributed by atoms with E-state index in [0.29, 0.717) is 17.9 Å². The lowest BCUT2D eigenvalue weighted by Crippen LogP contribution is -2.05. The quantitative estimate of drug-likeness (QED) is 0.735. The van der Waals surface area contributed by atoms with Crippen molar-refractivity contribution in [1.29, 1.82) is 0 Å². The first-order valence-electron chi connectivity index (χ1n) is 3.99. The van der Waals surface area contributed by atoms with Crippen molar-refractivity contribution in [3.63, 3.8) is 0 Å². The van der Waals surface area contributed by atoms with E-state index in [-0.39, 0.29) is 11.6 Å². The van der Waals surface area contributed by atoms with E-state index < -0.39 is 5.97 Å². The average molecular weight is 184 g/mol. The molecule has 1 aromatic rings. The van der Waals surface area contributed by atoms with Gasteiger partial charge in [-0.15, -0.1) is 0 Å². The van der Waals surface area contributed by atoms with Gasteiger partial charge in [0.2, 0.25) is 5.88 Å². The Hall–Kier alpha value is -1.52. The summed E-state index contributed by atoms with van der Waals surface area (Å²) in [6.07, 6.45) is 0.566. The maximum absolute atomic E-state index is 10.6. The van der Waals surface area contributed by atoms with Crippen LogP contribution in [0, 0.1) is 5.92 Å². The number of aromatic nitrogens is 1. The first-order valence-corrected chi connectivity index (χ1v) is 3.99. The Morgan fingerprint density at radius 1 is 1.69 bits per heavy atom. The van der Waals surface area contributed by atoms with Crippen LogP contribution in [-0.2, 0) is 6.42 Å². The van der Waals surface area contributed by atoms with Crippen LogP contribution in [0.15, 0.2) is 4.52 Å². The highest BCUT2D eigenvalue weighted by Gasteiger charge is 2.19. The standard InChI is InChI=1S/C8H12N2O3/c1-4(2)3-5-6(8(11)12)10-13-7(5)9/h4H,3,9H2,1-2H3,(H,11,12). The average Bonchev–Trinajstić information content (AvgIpc) is 2.32. The molecular formula is C8H12N2O3. The lowest BCUT2D eigenvalue weighted by Gasteiger charge is -2.01. The van der Waals surface area contributed by atoms with Gasteiger partial charge in [-0.2, -0.15) is 0 Å². The van der Waals surface area contributed by atoms with Crippen LogP contribution in [0.4, 0.5) is 5.88 Å². The molecule has 13 heavy (non-hydrogen) atoms. The molecule has 0 aromatic carbocycles. The number of carboxylic acid groups (broad SMARTS) is 1. The number of nitrogens with two attached hydrogens (primary N) is 1. The molecule has 1 rings (SSSR count). The second-order valence-electron chi connectivity index (χ2n) is 3.28. The molecule has 0 fully saturated rings. The maximum Gasteiger partial charge on any atom is 0.358 e. The summed E-state index contributed by atoms with van der Waals surface area (Å²) in [5.41, 5.74) is 5.85. The Labute approximate surface area is 75.5 Å². The third-order valence-electron chi connectivity index (χ3n) is 1.63. The van der Waals surface area contributed by atoms with E-state index in [1.807, 2.05) is 13.8 Å². The van der Waals surface area contributed by atoms with Crippen molar-refractivity contribution in [2.75, 3.05) is 5.73 Å². The number of rotatable bonds is 3. The lowest BCUT2D eigenvalue weighted by atomic mass is 10.0. The zero-order chi connectivity index (χ0) is 10.0. The highest BCUT2D eigenvalue weighted by molar-refractivity contribution is 5.88. The molecule has 5 heteroatoms. The summed E-state index contributed by atoms with van der Waals surface area (Å²) < 4.78 is 4.60. The van der Waals surface area contributed by atoms with Crippen molar-refractivity contribution in [3.05, 3.63) is 11.3 Å². The number of anilines is 1. The molecule has 0 radical (unpaired) electrons. The van der Waals surface area contributed by atoms with Crippen molar-refractivity contribution in [2.24, 2.45) is 5.92 Å². The van der Waals surface area contributed by atoms with Gasteiger partial charge in [0, 0.05) is 0 Å². The van der Waals surface area contributed by atoms with Gasteiger partial charge in [-0.1, -0.05) is 19.0 Å². The summed E-state index contributed by atoms with van der Waals surface area (Å²) in [6.45, 7) is 3.94. The summed E-state index contributed by atoms with van der Waals surface area (Å²) in [4.78, 5) is 10.6. The fourth-order valence-corrected chi connectivity index (χ4v) is 1.10. The topological polar surface area (TPSA) is 89.3 Å². The van der Waals surface area contributed by atoms with Crippen LogP contribution in [0.2, 0.25) is 0 Å². The molecule has 0 unspecified atom stereocenters. The number of hydrogen-bond acceptors (Lipinski definition) is 4. The van der Waals surface area contributed by atoms with E-state index in [1.165, 1.54) is 0 Å². The van der Waals surface area contributed by atoms with Crippen LogP contribution in [0.3, 0.4) is 0 Å². The van der Waals surface area contributed by atoms with Crippen molar-refractivity contribution < 1.29 is 14.4 Å². The van der Waals surface area contributed by atoms with Gasteiger partial charge in [0.15, 0.2) is 5.69 Å². The van der Waals surface area contributed by atoms with Crippen LogP contribution in [0.25, 0.3) is 0 Å². The number of nitrogens with zero attached hydrogens (tertiary/aromatic N) is 1. The SMILES string of the molecule is CC(C)Cc1c(C(=O)O)noc1N. The summed E-state index contributed by atoms with van der Waals surface area (Å²) in [5.74, 6) is -0.679. The molecule has 0 spiro atoms. The fourth-order valence-electron chi connectivity index (χ4n) is 1.10. The molecule has 0 aliphatic carbocycles. The number of carboxylic acids is 1. The molecule has 72 valence electrons.